The van der Waals surface area contributed by atoms with Crippen LogP contribution in [-0.4, -0.2) is 24.9 Å². The van der Waals surface area contributed by atoms with E-state index >= 15 is 0 Å². The number of benzene rings is 1. The lowest BCUT2D eigenvalue weighted by Gasteiger charge is -2.26. The summed E-state index contributed by atoms with van der Waals surface area (Å²) in [6.45, 7) is 2.57. The summed E-state index contributed by atoms with van der Waals surface area (Å²) in [4.78, 5) is 0. The van der Waals surface area contributed by atoms with Gasteiger partial charge in [0.2, 0.25) is 0 Å². The third kappa shape index (κ3) is 1.46. The van der Waals surface area contributed by atoms with Gasteiger partial charge in [-0.1, -0.05) is 0 Å². The smallest absolute Gasteiger partial charge is 0.161 e. The maximum atomic E-state index is 9.80. The fourth-order valence-corrected chi connectivity index (χ4v) is 2.06. The van der Waals surface area contributed by atoms with E-state index in [1.165, 1.54) is 0 Å². The fourth-order valence-electron chi connectivity index (χ4n) is 2.06. The Hall–Kier alpha value is -1.26. The molecular formula is C11H13NO3. The molecule has 0 spiro atoms. The zero-order valence-electron chi connectivity index (χ0n) is 8.32. The van der Waals surface area contributed by atoms with Crippen molar-refractivity contribution in [3.8, 4) is 11.5 Å². The van der Waals surface area contributed by atoms with Crippen LogP contribution >= 0.6 is 0 Å². The average molecular weight is 207 g/mol. The molecule has 2 aliphatic rings. The number of β-amino-alcohol motifs (C(OH)–C–C–N with tert-alkyl or cyclic N) is 1. The van der Waals surface area contributed by atoms with Crippen molar-refractivity contribution in [1.29, 1.82) is 0 Å². The number of hydrogen-bond acceptors (Lipinski definition) is 4. The first kappa shape index (κ1) is 9.00. The SMILES string of the molecule is O[C@@H]1CNCc2cc3c(cc21)OCCO3. The van der Waals surface area contributed by atoms with Gasteiger partial charge in [-0.05, 0) is 23.3 Å². The Labute approximate surface area is 87.8 Å². The standard InChI is InChI=1S/C11H13NO3/c13-9-6-12-5-7-3-10-11(4-8(7)9)15-2-1-14-10/h3-4,9,12-13H,1-2,5-6H2/t9-/m1/s1. The van der Waals surface area contributed by atoms with Crippen LogP contribution in [0, 0.1) is 0 Å². The number of rotatable bonds is 0. The predicted octanol–water partition coefficient (Wildman–Crippen LogP) is 0.594. The molecule has 0 saturated carbocycles. The zero-order valence-corrected chi connectivity index (χ0v) is 8.32. The molecule has 2 heterocycles. The number of aliphatic hydroxyl groups excluding tert-OH is 1. The molecule has 0 saturated heterocycles. The fraction of sp³-hybridized carbons (Fsp3) is 0.455. The second-order valence-corrected chi connectivity index (χ2v) is 3.84. The van der Waals surface area contributed by atoms with E-state index in [1.54, 1.807) is 0 Å². The van der Waals surface area contributed by atoms with Gasteiger partial charge in [0.15, 0.2) is 11.5 Å². The van der Waals surface area contributed by atoms with Gasteiger partial charge in [-0.2, -0.15) is 0 Å². The lowest BCUT2D eigenvalue weighted by Crippen LogP contribution is -2.28. The summed E-state index contributed by atoms with van der Waals surface area (Å²) in [5.41, 5.74) is 2.05. The van der Waals surface area contributed by atoms with Crippen LogP contribution in [0.25, 0.3) is 0 Å². The molecule has 1 aromatic rings. The van der Waals surface area contributed by atoms with E-state index < -0.39 is 6.10 Å². The molecular weight excluding hydrogens is 194 g/mol. The van der Waals surface area contributed by atoms with Crippen LogP contribution in [-0.2, 0) is 6.54 Å². The molecule has 0 radical (unpaired) electrons. The second kappa shape index (κ2) is 3.40. The summed E-state index contributed by atoms with van der Waals surface area (Å²) in [6, 6.07) is 3.86. The van der Waals surface area contributed by atoms with Crippen molar-refractivity contribution in [3.63, 3.8) is 0 Å². The van der Waals surface area contributed by atoms with Gasteiger partial charge in [0.25, 0.3) is 0 Å². The molecule has 2 N–H and O–H groups in total. The third-order valence-electron chi connectivity index (χ3n) is 2.82. The monoisotopic (exact) mass is 207 g/mol. The maximum absolute atomic E-state index is 9.80. The van der Waals surface area contributed by atoms with Crippen molar-refractivity contribution in [1.82, 2.24) is 5.32 Å². The highest BCUT2D eigenvalue weighted by Gasteiger charge is 2.22. The van der Waals surface area contributed by atoms with Gasteiger partial charge >= 0.3 is 0 Å². The molecule has 0 unspecified atom stereocenters. The molecule has 1 aromatic carbocycles. The van der Waals surface area contributed by atoms with Crippen LogP contribution in [0.1, 0.15) is 17.2 Å². The predicted molar refractivity (Wildman–Crippen MR) is 54.1 cm³/mol. The molecule has 3 rings (SSSR count). The van der Waals surface area contributed by atoms with Gasteiger partial charge < -0.3 is 19.9 Å². The van der Waals surface area contributed by atoms with Crippen LogP contribution in [0.15, 0.2) is 12.1 Å². The Balaban J connectivity index is 2.08. The lowest BCUT2D eigenvalue weighted by atomic mass is 9.98. The number of ether oxygens (including phenoxy) is 2. The summed E-state index contributed by atoms with van der Waals surface area (Å²) in [6.07, 6.45) is -0.440. The highest BCUT2D eigenvalue weighted by molar-refractivity contribution is 5.49. The van der Waals surface area contributed by atoms with Crippen molar-refractivity contribution < 1.29 is 14.6 Å². The van der Waals surface area contributed by atoms with Gasteiger partial charge in [0, 0.05) is 13.1 Å². The topological polar surface area (TPSA) is 50.7 Å². The van der Waals surface area contributed by atoms with E-state index in [0.717, 1.165) is 29.2 Å². The molecule has 4 heteroatoms. The molecule has 0 amide bonds. The second-order valence-electron chi connectivity index (χ2n) is 3.84. The van der Waals surface area contributed by atoms with Crippen molar-refractivity contribution in [2.24, 2.45) is 0 Å². The summed E-state index contributed by atoms with van der Waals surface area (Å²) in [7, 11) is 0. The highest BCUT2D eigenvalue weighted by Crippen LogP contribution is 2.36. The van der Waals surface area contributed by atoms with E-state index in [2.05, 4.69) is 5.32 Å². The van der Waals surface area contributed by atoms with Crippen LogP contribution < -0.4 is 14.8 Å². The summed E-state index contributed by atoms with van der Waals surface area (Å²) in [5.74, 6) is 1.54. The van der Waals surface area contributed by atoms with E-state index in [4.69, 9.17) is 9.47 Å². The molecule has 15 heavy (non-hydrogen) atoms. The average Bonchev–Trinajstić information content (AvgIpc) is 2.27. The maximum Gasteiger partial charge on any atom is 0.161 e. The summed E-state index contributed by atoms with van der Waals surface area (Å²) < 4.78 is 11.0. The Bertz CT molecular complexity index is 392. The van der Waals surface area contributed by atoms with Crippen LogP contribution in [0.5, 0.6) is 11.5 Å². The van der Waals surface area contributed by atoms with Gasteiger partial charge in [0.1, 0.15) is 13.2 Å². The Morgan fingerprint density at radius 2 is 1.93 bits per heavy atom. The lowest BCUT2D eigenvalue weighted by molar-refractivity contribution is 0.156. The minimum absolute atomic E-state index is 0.440. The highest BCUT2D eigenvalue weighted by atomic mass is 16.6. The first-order valence-corrected chi connectivity index (χ1v) is 5.16. The molecule has 0 aromatic heterocycles. The van der Waals surface area contributed by atoms with Crippen LogP contribution in [0.2, 0.25) is 0 Å². The number of fused-ring (bicyclic) bond motifs is 2. The van der Waals surface area contributed by atoms with Gasteiger partial charge in [-0.15, -0.1) is 0 Å². The van der Waals surface area contributed by atoms with E-state index in [0.29, 0.717) is 19.8 Å². The minimum atomic E-state index is -0.440. The van der Waals surface area contributed by atoms with Gasteiger partial charge in [-0.3, -0.25) is 0 Å². The number of hydrogen-bond donors (Lipinski definition) is 2. The molecule has 2 aliphatic heterocycles. The largest absolute Gasteiger partial charge is 0.486 e. The van der Waals surface area contributed by atoms with Crippen molar-refractivity contribution in [2.75, 3.05) is 19.8 Å². The number of nitrogens with one attached hydrogen (secondary N) is 1. The quantitative estimate of drug-likeness (QED) is 0.654. The van der Waals surface area contributed by atoms with Crippen LogP contribution in [0.3, 0.4) is 0 Å². The minimum Gasteiger partial charge on any atom is -0.486 e. The first-order chi connectivity index (χ1) is 7.34. The third-order valence-corrected chi connectivity index (χ3v) is 2.82. The van der Waals surface area contributed by atoms with E-state index in [1.807, 2.05) is 12.1 Å². The first-order valence-electron chi connectivity index (χ1n) is 5.16. The zero-order chi connectivity index (χ0) is 10.3. The molecule has 0 aliphatic carbocycles. The molecule has 4 nitrogen and oxygen atoms in total. The molecule has 80 valence electrons. The Morgan fingerprint density at radius 3 is 2.73 bits per heavy atom. The van der Waals surface area contributed by atoms with Crippen molar-refractivity contribution in [2.45, 2.75) is 12.6 Å². The molecule has 0 bridgehead atoms. The Kier molecular flexibility index (Phi) is 2.04. The van der Waals surface area contributed by atoms with Gasteiger partial charge in [-0.25, -0.2) is 0 Å². The number of aliphatic hydroxyl groups is 1. The van der Waals surface area contributed by atoms with Gasteiger partial charge in [0.05, 0.1) is 6.10 Å². The van der Waals surface area contributed by atoms with Crippen molar-refractivity contribution >= 4 is 0 Å². The normalized spacial score (nSPS) is 23.4. The van der Waals surface area contributed by atoms with Crippen LogP contribution in [0.4, 0.5) is 0 Å². The summed E-state index contributed by atoms with van der Waals surface area (Å²) in [5, 5.41) is 13.0. The summed E-state index contributed by atoms with van der Waals surface area (Å²) >= 11 is 0. The van der Waals surface area contributed by atoms with E-state index in [9.17, 15) is 5.11 Å². The van der Waals surface area contributed by atoms with E-state index in [-0.39, 0.29) is 0 Å². The molecule has 1 atom stereocenters. The Morgan fingerprint density at radius 1 is 1.20 bits per heavy atom. The molecule has 0 fully saturated rings. The van der Waals surface area contributed by atoms with Crippen molar-refractivity contribution in [3.05, 3.63) is 23.3 Å².